The van der Waals surface area contributed by atoms with Gasteiger partial charge in [-0.25, -0.2) is 9.98 Å². The minimum atomic E-state index is -4.35. The third kappa shape index (κ3) is 9.28. The molecule has 3 aromatic rings. The van der Waals surface area contributed by atoms with Crippen LogP contribution in [0.5, 0.6) is 0 Å². The number of hydrogen-bond acceptors (Lipinski definition) is 6. The molecular formula is C34H39Cl2F6N7O2. The lowest BCUT2D eigenvalue weighted by Crippen LogP contribution is -2.49. The molecule has 0 radical (unpaired) electrons. The number of alkyl halides is 6. The maximum absolute atomic E-state index is 13.7. The molecule has 1 aliphatic heterocycles. The molecule has 1 saturated heterocycles. The smallest absolute Gasteiger partial charge is 0.368 e. The predicted octanol–water partition coefficient (Wildman–Crippen LogP) is 8.30. The molecule has 2 N–H and O–H groups in total. The van der Waals surface area contributed by atoms with Gasteiger partial charge in [0.2, 0.25) is 11.9 Å². The van der Waals surface area contributed by atoms with E-state index >= 15 is 0 Å². The van der Waals surface area contributed by atoms with Gasteiger partial charge in [0.1, 0.15) is 0 Å². The number of hydrogen-bond donors (Lipinski definition) is 2. The molecule has 1 aromatic heterocycles. The molecule has 51 heavy (non-hydrogen) atoms. The van der Waals surface area contributed by atoms with Crippen molar-refractivity contribution in [3.05, 3.63) is 45.4 Å². The Labute approximate surface area is 301 Å². The molecule has 0 atom stereocenters. The number of carbonyl (C=O) groups is 2. The molecule has 2 amide bonds. The average molecular weight is 763 g/mol. The number of benzene rings is 2. The summed E-state index contributed by atoms with van der Waals surface area (Å²) in [6, 6.07) is 6.57. The molecule has 2 aliphatic rings. The molecule has 0 unspecified atom stereocenters. The number of aryl methyl sites for hydroxylation is 1. The summed E-state index contributed by atoms with van der Waals surface area (Å²) in [5, 5.41) is 6.55. The normalized spacial score (nSPS) is 17.9. The van der Waals surface area contributed by atoms with Crippen LogP contribution in [0.4, 0.5) is 43.7 Å². The first kappa shape index (κ1) is 38.7. The van der Waals surface area contributed by atoms with Crippen LogP contribution in [-0.4, -0.2) is 77.1 Å². The highest BCUT2D eigenvalue weighted by Gasteiger charge is 2.41. The maximum atomic E-state index is 13.7. The number of fused-ring (bicyclic) bond motifs is 1. The van der Waals surface area contributed by atoms with E-state index in [1.807, 2.05) is 4.90 Å². The fraction of sp³-hybridized carbons (Fsp3) is 0.529. The Morgan fingerprint density at radius 3 is 2.22 bits per heavy atom. The molecule has 278 valence electrons. The van der Waals surface area contributed by atoms with Gasteiger partial charge in [-0.1, -0.05) is 50.0 Å². The Morgan fingerprint density at radius 1 is 0.980 bits per heavy atom. The number of aromatic nitrogens is 2. The first-order chi connectivity index (χ1) is 23.7. The fourth-order valence-electron chi connectivity index (χ4n) is 6.17. The van der Waals surface area contributed by atoms with Gasteiger partial charge in [0.25, 0.3) is 5.91 Å². The van der Waals surface area contributed by atoms with Crippen molar-refractivity contribution < 1.29 is 35.9 Å². The minimum absolute atomic E-state index is 0.0295. The van der Waals surface area contributed by atoms with E-state index in [4.69, 9.17) is 23.2 Å². The van der Waals surface area contributed by atoms with E-state index in [2.05, 4.69) is 20.6 Å². The summed E-state index contributed by atoms with van der Waals surface area (Å²) in [6.45, 7) is 5.05. The number of amides is 2. The predicted molar refractivity (Wildman–Crippen MR) is 186 cm³/mol. The van der Waals surface area contributed by atoms with Crippen LogP contribution in [0.2, 0.25) is 10.0 Å². The molecule has 5 rings (SSSR count). The number of nitrogens with zero attached hydrogens (tertiary/aromatic N) is 5. The number of nitrogens with one attached hydrogen (secondary N) is 2. The van der Waals surface area contributed by atoms with E-state index in [9.17, 15) is 35.9 Å². The standard InChI is InChI=1S/C34H39Cl2F6N7O2/c1-32(2,3)30(51)43-17-19-5-10-23(35)28(27(19)36)46-31-45-24-15-22(29(50)44-21-8-6-20(7-9-21)34(40,41)42)25(16-26(24)47(31)4)49-13-11-48(12-14-49)18-33(37,38)39/h5,10,15-16,20H,6-9,11-14,17-18H2,1-4H3,(H,43,51)(H,45,46). The van der Waals surface area contributed by atoms with Crippen LogP contribution < -0.4 is 15.5 Å². The second-order valence-corrected chi connectivity index (χ2v) is 14.8. The monoisotopic (exact) mass is 761 g/mol. The lowest BCUT2D eigenvalue weighted by Gasteiger charge is -2.37. The molecule has 0 bridgehead atoms. The average Bonchev–Trinajstić information content (AvgIpc) is 3.34. The highest BCUT2D eigenvalue weighted by Crippen LogP contribution is 2.39. The van der Waals surface area contributed by atoms with Crippen molar-refractivity contribution in [1.29, 1.82) is 0 Å². The molecule has 9 nitrogen and oxygen atoms in total. The van der Waals surface area contributed by atoms with Crippen molar-refractivity contribution in [2.24, 2.45) is 23.4 Å². The van der Waals surface area contributed by atoms with Crippen molar-refractivity contribution in [2.75, 3.05) is 42.9 Å². The summed E-state index contributed by atoms with van der Waals surface area (Å²) in [4.78, 5) is 38.2. The molecule has 2 heterocycles. The zero-order valence-electron chi connectivity index (χ0n) is 28.5. The van der Waals surface area contributed by atoms with Crippen LogP contribution in [0, 0.1) is 11.3 Å². The van der Waals surface area contributed by atoms with Crippen LogP contribution >= 0.6 is 23.2 Å². The molecule has 1 saturated carbocycles. The van der Waals surface area contributed by atoms with Gasteiger partial charge in [-0.2, -0.15) is 26.3 Å². The van der Waals surface area contributed by atoms with Gasteiger partial charge in [0.15, 0.2) is 0 Å². The topological polar surface area (TPSA) is 94.9 Å². The second-order valence-electron chi connectivity index (χ2n) is 14.0. The van der Waals surface area contributed by atoms with E-state index < -0.39 is 36.1 Å². The minimum Gasteiger partial charge on any atom is -0.368 e. The van der Waals surface area contributed by atoms with Crippen LogP contribution in [0.15, 0.2) is 29.3 Å². The van der Waals surface area contributed by atoms with E-state index in [1.54, 1.807) is 50.6 Å². The van der Waals surface area contributed by atoms with Gasteiger partial charge in [0.05, 0.1) is 50.5 Å². The number of piperazine rings is 1. The lowest BCUT2D eigenvalue weighted by atomic mass is 9.87. The van der Waals surface area contributed by atoms with Crippen LogP contribution in [0.25, 0.3) is 11.0 Å². The van der Waals surface area contributed by atoms with Gasteiger partial charge < -0.3 is 20.1 Å². The Balaban J connectivity index is 1.47. The quantitative estimate of drug-likeness (QED) is 0.236. The van der Waals surface area contributed by atoms with E-state index in [0.717, 1.165) is 0 Å². The lowest BCUT2D eigenvalue weighted by molar-refractivity contribution is -0.178. The SMILES string of the molecule is Cn1c(Nc2c(Cl)ccc(CNC(=O)C(C)(C)C)c2Cl)nc2cc(C(=O)N=C3CCC(C(F)(F)F)CC3)c(N3CCN(CC(F)(F)F)CC3)cc21. The molecule has 0 spiro atoms. The number of carbonyl (C=O) groups excluding carboxylic acids is 2. The number of anilines is 3. The van der Waals surface area contributed by atoms with Crippen molar-refractivity contribution in [2.45, 2.75) is 65.4 Å². The first-order valence-electron chi connectivity index (χ1n) is 16.5. The highest BCUT2D eigenvalue weighted by atomic mass is 35.5. The van der Waals surface area contributed by atoms with Crippen molar-refractivity contribution >= 4 is 69.1 Å². The van der Waals surface area contributed by atoms with E-state index in [1.165, 1.54) is 11.0 Å². The zero-order valence-corrected chi connectivity index (χ0v) is 30.0. The Morgan fingerprint density at radius 2 is 1.63 bits per heavy atom. The third-order valence-electron chi connectivity index (χ3n) is 9.16. The van der Waals surface area contributed by atoms with Crippen LogP contribution in [0.1, 0.15) is 62.4 Å². The van der Waals surface area contributed by atoms with Gasteiger partial charge in [-0.3, -0.25) is 14.5 Å². The number of aliphatic imine (C=N–C) groups is 1. The Hall–Kier alpha value is -3.56. The third-order valence-corrected chi connectivity index (χ3v) is 9.91. The van der Waals surface area contributed by atoms with Gasteiger partial charge >= 0.3 is 12.4 Å². The molecule has 2 fully saturated rings. The summed E-state index contributed by atoms with van der Waals surface area (Å²) in [5.41, 5.74) is 2.20. The number of halogens is 8. The highest BCUT2D eigenvalue weighted by molar-refractivity contribution is 6.39. The molecule has 2 aromatic carbocycles. The number of imidazole rings is 1. The van der Waals surface area contributed by atoms with E-state index in [0.29, 0.717) is 39.6 Å². The molecule has 17 heteroatoms. The summed E-state index contributed by atoms with van der Waals surface area (Å²) in [5.74, 6) is -1.98. The van der Waals surface area contributed by atoms with Crippen molar-refractivity contribution in [3.63, 3.8) is 0 Å². The summed E-state index contributed by atoms with van der Waals surface area (Å²) >= 11 is 13.3. The van der Waals surface area contributed by atoms with Crippen molar-refractivity contribution in [3.8, 4) is 0 Å². The molecular weight excluding hydrogens is 723 g/mol. The number of rotatable bonds is 7. The van der Waals surface area contributed by atoms with Gasteiger partial charge in [-0.05, 0) is 49.4 Å². The van der Waals surface area contributed by atoms with Crippen LogP contribution in [-0.2, 0) is 18.4 Å². The fourth-order valence-corrected chi connectivity index (χ4v) is 6.70. The van der Waals surface area contributed by atoms with Gasteiger partial charge in [0, 0.05) is 50.9 Å². The largest absolute Gasteiger partial charge is 0.401 e. The Bertz CT molecular complexity index is 1820. The summed E-state index contributed by atoms with van der Waals surface area (Å²) in [7, 11) is 1.72. The summed E-state index contributed by atoms with van der Waals surface area (Å²) < 4.78 is 80.7. The van der Waals surface area contributed by atoms with Crippen molar-refractivity contribution in [1.82, 2.24) is 19.8 Å². The summed E-state index contributed by atoms with van der Waals surface area (Å²) in [6.07, 6.45) is -8.93. The van der Waals surface area contributed by atoms with Crippen LogP contribution in [0.3, 0.4) is 0 Å². The molecule has 1 aliphatic carbocycles. The zero-order chi connectivity index (χ0) is 37.5. The first-order valence-corrected chi connectivity index (χ1v) is 17.2. The van der Waals surface area contributed by atoms with Gasteiger partial charge in [-0.15, -0.1) is 0 Å². The van der Waals surface area contributed by atoms with E-state index in [-0.39, 0.29) is 79.9 Å². The second kappa shape index (κ2) is 14.8. The maximum Gasteiger partial charge on any atom is 0.401 e. The Kier molecular flexibility index (Phi) is 11.2.